The Morgan fingerprint density at radius 3 is 1.96 bits per heavy atom. The molecular formula is C22H17NO. The molecule has 4 rings (SSSR count). The molecule has 2 nitrogen and oxygen atoms in total. The van der Waals surface area contributed by atoms with Gasteiger partial charge in [-0.2, -0.15) is 0 Å². The summed E-state index contributed by atoms with van der Waals surface area (Å²) in [6, 6.07) is 28.2. The Balaban J connectivity index is 1.94. The molecule has 0 unspecified atom stereocenters. The Bertz CT molecular complexity index is 1030. The highest BCUT2D eigenvalue weighted by Crippen LogP contribution is 2.27. The Hall–Kier alpha value is -3.13. The Morgan fingerprint density at radius 1 is 0.667 bits per heavy atom. The minimum absolute atomic E-state index is 0.0172. The predicted molar refractivity (Wildman–Crippen MR) is 99.3 cm³/mol. The molecule has 116 valence electrons. The maximum Gasteiger partial charge on any atom is 0.252 e. The summed E-state index contributed by atoms with van der Waals surface area (Å²) >= 11 is 0. The standard InChI is InChI=1S/C22H17NO/c24-22-20(15-16-9-3-1-4-10-16)18-13-7-8-14-19(18)21(23-22)17-11-5-2-6-12-17/h1-14H,15H2,(H,23,24). The van der Waals surface area contributed by atoms with E-state index in [0.29, 0.717) is 6.42 Å². The van der Waals surface area contributed by atoms with Crippen molar-refractivity contribution < 1.29 is 0 Å². The zero-order valence-corrected chi connectivity index (χ0v) is 13.2. The van der Waals surface area contributed by atoms with Crippen molar-refractivity contribution in [3.63, 3.8) is 0 Å². The Kier molecular flexibility index (Phi) is 3.72. The molecule has 0 bridgehead atoms. The summed E-state index contributed by atoms with van der Waals surface area (Å²) in [6.07, 6.45) is 0.631. The van der Waals surface area contributed by atoms with Crippen LogP contribution >= 0.6 is 0 Å². The minimum Gasteiger partial charge on any atom is -0.321 e. The molecule has 24 heavy (non-hydrogen) atoms. The van der Waals surface area contributed by atoms with Gasteiger partial charge in [0.1, 0.15) is 0 Å². The monoisotopic (exact) mass is 311 g/mol. The fraction of sp³-hybridized carbons (Fsp3) is 0.0455. The molecule has 0 atom stereocenters. The second kappa shape index (κ2) is 6.17. The zero-order chi connectivity index (χ0) is 16.4. The van der Waals surface area contributed by atoms with Crippen LogP contribution in [0.25, 0.3) is 22.0 Å². The molecule has 2 heteroatoms. The number of benzene rings is 3. The fourth-order valence-corrected chi connectivity index (χ4v) is 3.15. The van der Waals surface area contributed by atoms with Crippen LogP contribution in [0.4, 0.5) is 0 Å². The number of fused-ring (bicyclic) bond motifs is 1. The van der Waals surface area contributed by atoms with Crippen LogP contribution < -0.4 is 5.56 Å². The number of aromatic amines is 1. The topological polar surface area (TPSA) is 32.9 Å². The van der Waals surface area contributed by atoms with Gasteiger partial charge < -0.3 is 4.98 Å². The number of rotatable bonds is 3. The van der Waals surface area contributed by atoms with Gasteiger partial charge in [0.25, 0.3) is 5.56 Å². The van der Waals surface area contributed by atoms with Crippen molar-refractivity contribution in [3.05, 3.63) is 106 Å². The number of H-pyrrole nitrogens is 1. The second-order valence-corrected chi connectivity index (χ2v) is 5.88. The normalized spacial score (nSPS) is 10.8. The molecule has 4 aromatic rings. The zero-order valence-electron chi connectivity index (χ0n) is 13.2. The van der Waals surface area contributed by atoms with Crippen LogP contribution in [0.1, 0.15) is 11.1 Å². The molecular weight excluding hydrogens is 294 g/mol. The molecule has 0 spiro atoms. The third-order valence-corrected chi connectivity index (χ3v) is 4.32. The van der Waals surface area contributed by atoms with Gasteiger partial charge in [0, 0.05) is 17.4 Å². The van der Waals surface area contributed by atoms with Gasteiger partial charge in [-0.1, -0.05) is 84.9 Å². The maximum absolute atomic E-state index is 12.8. The predicted octanol–water partition coefficient (Wildman–Crippen LogP) is 4.79. The molecule has 1 aromatic heterocycles. The van der Waals surface area contributed by atoms with E-state index in [1.807, 2.05) is 66.7 Å². The van der Waals surface area contributed by atoms with Crippen LogP contribution in [-0.4, -0.2) is 4.98 Å². The fourth-order valence-electron chi connectivity index (χ4n) is 3.15. The lowest BCUT2D eigenvalue weighted by atomic mass is 9.97. The first-order valence-electron chi connectivity index (χ1n) is 8.06. The van der Waals surface area contributed by atoms with Gasteiger partial charge in [-0.15, -0.1) is 0 Å². The number of hydrogen-bond acceptors (Lipinski definition) is 1. The van der Waals surface area contributed by atoms with Crippen LogP contribution in [0.15, 0.2) is 89.7 Å². The Morgan fingerprint density at radius 2 is 1.25 bits per heavy atom. The number of hydrogen-bond donors (Lipinski definition) is 1. The number of aromatic nitrogens is 1. The lowest BCUT2D eigenvalue weighted by molar-refractivity contribution is 1.12. The molecule has 0 saturated heterocycles. The van der Waals surface area contributed by atoms with Crippen molar-refractivity contribution >= 4 is 10.8 Å². The Labute approximate surface area is 140 Å². The third kappa shape index (κ3) is 2.63. The second-order valence-electron chi connectivity index (χ2n) is 5.88. The lowest BCUT2D eigenvalue weighted by Crippen LogP contribution is -2.15. The van der Waals surface area contributed by atoms with Crippen molar-refractivity contribution in [2.75, 3.05) is 0 Å². The van der Waals surface area contributed by atoms with Crippen LogP contribution in [0.3, 0.4) is 0 Å². The van der Waals surface area contributed by atoms with Gasteiger partial charge in [-0.3, -0.25) is 4.79 Å². The molecule has 0 amide bonds. The van der Waals surface area contributed by atoms with E-state index in [1.54, 1.807) is 0 Å². The first-order chi connectivity index (χ1) is 11.8. The summed E-state index contributed by atoms with van der Waals surface area (Å²) in [4.78, 5) is 15.9. The van der Waals surface area contributed by atoms with Crippen LogP contribution in [-0.2, 0) is 6.42 Å². The van der Waals surface area contributed by atoms with E-state index in [2.05, 4.69) is 23.2 Å². The van der Waals surface area contributed by atoms with E-state index in [4.69, 9.17) is 0 Å². The quantitative estimate of drug-likeness (QED) is 0.580. The molecule has 0 saturated carbocycles. The van der Waals surface area contributed by atoms with Crippen molar-refractivity contribution in [2.24, 2.45) is 0 Å². The van der Waals surface area contributed by atoms with E-state index in [9.17, 15) is 4.79 Å². The van der Waals surface area contributed by atoms with Gasteiger partial charge in [-0.05, 0) is 16.5 Å². The SMILES string of the molecule is O=c1[nH]c(-c2ccccc2)c2ccccc2c1Cc1ccccc1. The van der Waals surface area contributed by atoms with Gasteiger partial charge in [0.05, 0.1) is 5.69 Å². The summed E-state index contributed by atoms with van der Waals surface area (Å²) in [5.74, 6) is 0. The van der Waals surface area contributed by atoms with Crippen LogP contribution in [0.2, 0.25) is 0 Å². The molecule has 1 N–H and O–H groups in total. The van der Waals surface area contributed by atoms with Gasteiger partial charge in [0.15, 0.2) is 0 Å². The number of nitrogens with one attached hydrogen (secondary N) is 1. The largest absolute Gasteiger partial charge is 0.321 e. The smallest absolute Gasteiger partial charge is 0.252 e. The van der Waals surface area contributed by atoms with Crippen LogP contribution in [0.5, 0.6) is 0 Å². The number of pyridine rings is 1. The van der Waals surface area contributed by atoms with E-state index < -0.39 is 0 Å². The van der Waals surface area contributed by atoms with E-state index >= 15 is 0 Å². The summed E-state index contributed by atoms with van der Waals surface area (Å²) in [5, 5.41) is 2.10. The van der Waals surface area contributed by atoms with Crippen molar-refractivity contribution in [1.29, 1.82) is 0 Å². The van der Waals surface area contributed by atoms with E-state index in [1.165, 1.54) is 0 Å². The van der Waals surface area contributed by atoms with Crippen molar-refractivity contribution in [2.45, 2.75) is 6.42 Å². The molecule has 0 fully saturated rings. The van der Waals surface area contributed by atoms with E-state index in [0.717, 1.165) is 33.2 Å². The molecule has 0 aliphatic carbocycles. The third-order valence-electron chi connectivity index (χ3n) is 4.32. The van der Waals surface area contributed by atoms with Gasteiger partial charge >= 0.3 is 0 Å². The summed E-state index contributed by atoms with van der Waals surface area (Å²) in [6.45, 7) is 0. The van der Waals surface area contributed by atoms with E-state index in [-0.39, 0.29) is 5.56 Å². The molecule has 3 aromatic carbocycles. The average molecular weight is 311 g/mol. The van der Waals surface area contributed by atoms with Gasteiger partial charge in [0.2, 0.25) is 0 Å². The molecule has 0 aliphatic heterocycles. The summed E-state index contributed by atoms with van der Waals surface area (Å²) in [7, 11) is 0. The summed E-state index contributed by atoms with van der Waals surface area (Å²) < 4.78 is 0. The van der Waals surface area contributed by atoms with Gasteiger partial charge in [-0.25, -0.2) is 0 Å². The first kappa shape index (κ1) is 14.5. The highest BCUT2D eigenvalue weighted by atomic mass is 16.1. The highest BCUT2D eigenvalue weighted by molar-refractivity contribution is 5.96. The van der Waals surface area contributed by atoms with Crippen LogP contribution in [0, 0.1) is 0 Å². The van der Waals surface area contributed by atoms with Crippen molar-refractivity contribution in [1.82, 2.24) is 4.98 Å². The maximum atomic E-state index is 12.8. The highest BCUT2D eigenvalue weighted by Gasteiger charge is 2.12. The summed E-state index contributed by atoms with van der Waals surface area (Å²) in [5.41, 5.74) is 3.85. The molecule has 0 aliphatic rings. The van der Waals surface area contributed by atoms with Crippen molar-refractivity contribution in [3.8, 4) is 11.3 Å². The lowest BCUT2D eigenvalue weighted by Gasteiger charge is -2.11. The first-order valence-corrected chi connectivity index (χ1v) is 8.06. The average Bonchev–Trinajstić information content (AvgIpc) is 2.65. The minimum atomic E-state index is -0.0172. The molecule has 1 heterocycles. The molecule has 0 radical (unpaired) electrons.